The van der Waals surface area contributed by atoms with Crippen LogP contribution in [-0.4, -0.2) is 4.98 Å². The zero-order valence-electron chi connectivity index (χ0n) is 10.1. The van der Waals surface area contributed by atoms with Gasteiger partial charge in [0.2, 0.25) is 5.88 Å². The van der Waals surface area contributed by atoms with Crippen molar-refractivity contribution in [3.63, 3.8) is 0 Å². The number of rotatable bonds is 3. The van der Waals surface area contributed by atoms with Crippen molar-refractivity contribution in [3.05, 3.63) is 47.7 Å². The second-order valence-electron chi connectivity index (χ2n) is 4.00. The first kappa shape index (κ1) is 11.5. The molecule has 1 aromatic carbocycles. The summed E-state index contributed by atoms with van der Waals surface area (Å²) in [5, 5.41) is 0. The number of nitrogen functional groups attached to an aromatic ring is 1. The predicted octanol–water partition coefficient (Wildman–Crippen LogP) is 3.33. The van der Waals surface area contributed by atoms with E-state index in [1.807, 2.05) is 37.3 Å². The standard InChI is InChI=1S/C14H16N2O/c1-3-11-5-6-13(12(15)8-11)17-14-7-4-10(2)9-16-14/h4-9H,3,15H2,1-2H3. The highest BCUT2D eigenvalue weighted by molar-refractivity contribution is 5.55. The van der Waals surface area contributed by atoms with Gasteiger partial charge in [-0.05, 0) is 36.6 Å². The fraction of sp³-hybridized carbons (Fsp3) is 0.214. The summed E-state index contributed by atoms with van der Waals surface area (Å²) in [4.78, 5) is 4.18. The summed E-state index contributed by atoms with van der Waals surface area (Å²) in [6.45, 7) is 4.08. The summed E-state index contributed by atoms with van der Waals surface area (Å²) in [5.41, 5.74) is 8.87. The molecule has 0 amide bonds. The minimum absolute atomic E-state index is 0.562. The summed E-state index contributed by atoms with van der Waals surface area (Å²) in [7, 11) is 0. The van der Waals surface area contributed by atoms with Crippen molar-refractivity contribution < 1.29 is 4.74 Å². The molecule has 2 aromatic rings. The number of ether oxygens (including phenoxy) is 1. The molecule has 0 fully saturated rings. The summed E-state index contributed by atoms with van der Waals surface area (Å²) in [5.74, 6) is 1.21. The lowest BCUT2D eigenvalue weighted by Crippen LogP contribution is -1.95. The Kier molecular flexibility index (Phi) is 3.28. The molecule has 88 valence electrons. The van der Waals surface area contributed by atoms with Crippen molar-refractivity contribution in [1.29, 1.82) is 0 Å². The molecule has 0 atom stereocenters. The molecular weight excluding hydrogens is 212 g/mol. The lowest BCUT2D eigenvalue weighted by Gasteiger charge is -2.08. The SMILES string of the molecule is CCc1ccc(Oc2ccc(C)cn2)c(N)c1. The minimum Gasteiger partial charge on any atom is -0.437 e. The van der Waals surface area contributed by atoms with Gasteiger partial charge in [-0.25, -0.2) is 4.98 Å². The lowest BCUT2D eigenvalue weighted by molar-refractivity contribution is 0.465. The van der Waals surface area contributed by atoms with E-state index in [9.17, 15) is 0 Å². The number of aryl methyl sites for hydroxylation is 2. The van der Waals surface area contributed by atoms with Gasteiger partial charge < -0.3 is 10.5 Å². The van der Waals surface area contributed by atoms with Gasteiger partial charge in [-0.15, -0.1) is 0 Å². The molecule has 0 aliphatic heterocycles. The van der Waals surface area contributed by atoms with E-state index in [1.165, 1.54) is 5.56 Å². The van der Waals surface area contributed by atoms with Gasteiger partial charge in [0.25, 0.3) is 0 Å². The van der Waals surface area contributed by atoms with Crippen LogP contribution in [0.5, 0.6) is 11.6 Å². The average Bonchev–Trinajstić information content (AvgIpc) is 2.34. The maximum absolute atomic E-state index is 5.92. The van der Waals surface area contributed by atoms with Crippen molar-refractivity contribution in [2.45, 2.75) is 20.3 Å². The fourth-order valence-corrected chi connectivity index (χ4v) is 1.54. The number of nitrogens with zero attached hydrogens (tertiary/aromatic N) is 1. The fourth-order valence-electron chi connectivity index (χ4n) is 1.54. The van der Waals surface area contributed by atoms with Gasteiger partial charge >= 0.3 is 0 Å². The topological polar surface area (TPSA) is 48.1 Å². The van der Waals surface area contributed by atoms with E-state index in [4.69, 9.17) is 10.5 Å². The number of pyridine rings is 1. The first-order chi connectivity index (χ1) is 8.19. The van der Waals surface area contributed by atoms with Crippen LogP contribution >= 0.6 is 0 Å². The normalized spacial score (nSPS) is 10.2. The molecule has 2 rings (SSSR count). The van der Waals surface area contributed by atoms with Gasteiger partial charge in [-0.3, -0.25) is 0 Å². The number of aromatic nitrogens is 1. The van der Waals surface area contributed by atoms with Gasteiger partial charge in [-0.2, -0.15) is 0 Å². The van der Waals surface area contributed by atoms with E-state index in [2.05, 4.69) is 11.9 Å². The maximum atomic E-state index is 5.92. The molecular formula is C14H16N2O. The second-order valence-corrected chi connectivity index (χ2v) is 4.00. The molecule has 1 heterocycles. The first-order valence-electron chi connectivity index (χ1n) is 5.68. The van der Waals surface area contributed by atoms with E-state index < -0.39 is 0 Å². The highest BCUT2D eigenvalue weighted by atomic mass is 16.5. The quantitative estimate of drug-likeness (QED) is 0.820. The number of hydrogen-bond acceptors (Lipinski definition) is 3. The zero-order chi connectivity index (χ0) is 12.3. The lowest BCUT2D eigenvalue weighted by atomic mass is 10.1. The molecule has 3 nitrogen and oxygen atoms in total. The summed E-state index contributed by atoms with van der Waals surface area (Å²) >= 11 is 0. The molecule has 2 N–H and O–H groups in total. The summed E-state index contributed by atoms with van der Waals surface area (Å²) in [6, 6.07) is 9.63. The Balaban J connectivity index is 2.21. The van der Waals surface area contributed by atoms with Crippen LogP contribution in [0.4, 0.5) is 5.69 Å². The number of anilines is 1. The number of hydrogen-bond donors (Lipinski definition) is 1. The Morgan fingerprint density at radius 1 is 1.24 bits per heavy atom. The molecule has 0 saturated carbocycles. The van der Waals surface area contributed by atoms with Crippen LogP contribution in [0.15, 0.2) is 36.5 Å². The van der Waals surface area contributed by atoms with E-state index in [-0.39, 0.29) is 0 Å². The predicted molar refractivity (Wildman–Crippen MR) is 69.3 cm³/mol. The van der Waals surface area contributed by atoms with Gasteiger partial charge in [0.15, 0.2) is 5.75 Å². The van der Waals surface area contributed by atoms with Crippen molar-refractivity contribution in [2.24, 2.45) is 0 Å². The molecule has 0 aliphatic carbocycles. The van der Waals surface area contributed by atoms with E-state index >= 15 is 0 Å². The molecule has 0 bridgehead atoms. The average molecular weight is 228 g/mol. The Morgan fingerprint density at radius 2 is 2.06 bits per heavy atom. The van der Waals surface area contributed by atoms with Crippen LogP contribution in [0.1, 0.15) is 18.1 Å². The Hall–Kier alpha value is -2.03. The van der Waals surface area contributed by atoms with E-state index in [0.29, 0.717) is 17.3 Å². The molecule has 3 heteroatoms. The third-order valence-electron chi connectivity index (χ3n) is 2.58. The van der Waals surface area contributed by atoms with Crippen molar-refractivity contribution in [3.8, 4) is 11.6 Å². The van der Waals surface area contributed by atoms with E-state index in [1.54, 1.807) is 6.20 Å². The Labute approximate surface area is 101 Å². The highest BCUT2D eigenvalue weighted by Gasteiger charge is 2.03. The molecule has 17 heavy (non-hydrogen) atoms. The Bertz CT molecular complexity index is 506. The maximum Gasteiger partial charge on any atom is 0.219 e. The number of nitrogens with two attached hydrogens (primary N) is 1. The molecule has 0 saturated heterocycles. The third-order valence-corrected chi connectivity index (χ3v) is 2.58. The first-order valence-corrected chi connectivity index (χ1v) is 5.68. The van der Waals surface area contributed by atoms with Crippen molar-refractivity contribution in [2.75, 3.05) is 5.73 Å². The van der Waals surface area contributed by atoms with Gasteiger partial charge in [0, 0.05) is 12.3 Å². The zero-order valence-corrected chi connectivity index (χ0v) is 10.1. The third kappa shape index (κ3) is 2.75. The molecule has 0 spiro atoms. The van der Waals surface area contributed by atoms with Gasteiger partial charge in [0.05, 0.1) is 5.69 Å². The highest BCUT2D eigenvalue weighted by Crippen LogP contribution is 2.27. The molecule has 0 radical (unpaired) electrons. The van der Waals surface area contributed by atoms with Crippen LogP contribution in [0, 0.1) is 6.92 Å². The largest absolute Gasteiger partial charge is 0.437 e. The molecule has 1 aromatic heterocycles. The van der Waals surface area contributed by atoms with Crippen LogP contribution < -0.4 is 10.5 Å². The summed E-state index contributed by atoms with van der Waals surface area (Å²) < 4.78 is 5.63. The monoisotopic (exact) mass is 228 g/mol. The van der Waals surface area contributed by atoms with Crippen LogP contribution in [0.25, 0.3) is 0 Å². The van der Waals surface area contributed by atoms with E-state index in [0.717, 1.165) is 12.0 Å². The van der Waals surface area contributed by atoms with Gasteiger partial charge in [0.1, 0.15) is 0 Å². The molecule has 0 aliphatic rings. The second kappa shape index (κ2) is 4.87. The van der Waals surface area contributed by atoms with Crippen LogP contribution in [-0.2, 0) is 6.42 Å². The Morgan fingerprint density at radius 3 is 2.65 bits per heavy atom. The molecule has 0 unspecified atom stereocenters. The number of benzene rings is 1. The van der Waals surface area contributed by atoms with Gasteiger partial charge in [-0.1, -0.05) is 19.1 Å². The van der Waals surface area contributed by atoms with Crippen molar-refractivity contribution >= 4 is 5.69 Å². The van der Waals surface area contributed by atoms with Crippen LogP contribution in [0.3, 0.4) is 0 Å². The smallest absolute Gasteiger partial charge is 0.219 e. The minimum atomic E-state index is 0.562. The van der Waals surface area contributed by atoms with Crippen molar-refractivity contribution in [1.82, 2.24) is 4.98 Å². The van der Waals surface area contributed by atoms with Crippen LogP contribution in [0.2, 0.25) is 0 Å². The summed E-state index contributed by atoms with van der Waals surface area (Å²) in [6.07, 6.45) is 2.74.